The fourth-order valence-corrected chi connectivity index (χ4v) is 3.42. The normalized spacial score (nSPS) is 10.6. The van der Waals surface area contributed by atoms with Crippen molar-refractivity contribution in [3.05, 3.63) is 65.2 Å². The molecular formula is C20H23N5O2S. The zero-order valence-electron chi connectivity index (χ0n) is 16.0. The highest BCUT2D eigenvalue weighted by Crippen LogP contribution is 2.16. The van der Waals surface area contributed by atoms with Crippen molar-refractivity contribution in [2.45, 2.75) is 25.0 Å². The molecule has 0 radical (unpaired) electrons. The highest BCUT2D eigenvalue weighted by atomic mass is 32.2. The number of hydrogen-bond acceptors (Lipinski definition) is 6. The molecule has 1 aromatic heterocycles. The Morgan fingerprint density at radius 3 is 2.71 bits per heavy atom. The summed E-state index contributed by atoms with van der Waals surface area (Å²) in [5.74, 6) is 1.05. The van der Waals surface area contributed by atoms with Gasteiger partial charge in [0, 0.05) is 6.54 Å². The Bertz CT molecular complexity index is 911. The van der Waals surface area contributed by atoms with Crippen molar-refractivity contribution >= 4 is 17.7 Å². The standard InChI is InChI=1S/C20H23N5O2S/c1-15-5-3-4-6-17(15)11-12-21-19(26)14-28-20-22-23-24-25(20)13-16-7-9-18(27-2)10-8-16/h3-10H,11-14H2,1-2H3,(H,21,26). The first-order chi connectivity index (χ1) is 13.7. The Labute approximate surface area is 168 Å². The van der Waals surface area contributed by atoms with Gasteiger partial charge < -0.3 is 10.1 Å². The molecule has 0 aliphatic carbocycles. The second-order valence-corrected chi connectivity index (χ2v) is 7.22. The molecule has 0 atom stereocenters. The van der Waals surface area contributed by atoms with Crippen molar-refractivity contribution < 1.29 is 9.53 Å². The van der Waals surface area contributed by atoms with Crippen molar-refractivity contribution in [1.82, 2.24) is 25.5 Å². The molecule has 1 heterocycles. The van der Waals surface area contributed by atoms with E-state index in [1.54, 1.807) is 11.8 Å². The number of rotatable bonds is 9. The fraction of sp³-hybridized carbons (Fsp3) is 0.300. The predicted octanol–water partition coefficient (Wildman–Crippen LogP) is 2.49. The van der Waals surface area contributed by atoms with E-state index >= 15 is 0 Å². The molecule has 0 spiro atoms. The van der Waals surface area contributed by atoms with E-state index < -0.39 is 0 Å². The number of carbonyl (C=O) groups is 1. The number of aryl methyl sites for hydroxylation is 1. The third kappa shape index (κ3) is 5.56. The number of methoxy groups -OCH3 is 1. The minimum Gasteiger partial charge on any atom is -0.497 e. The monoisotopic (exact) mass is 397 g/mol. The number of hydrogen-bond donors (Lipinski definition) is 1. The van der Waals surface area contributed by atoms with Gasteiger partial charge in [-0.15, -0.1) is 5.10 Å². The Morgan fingerprint density at radius 1 is 1.18 bits per heavy atom. The number of benzene rings is 2. The molecule has 8 heteroatoms. The lowest BCUT2D eigenvalue weighted by Crippen LogP contribution is -2.27. The molecule has 3 aromatic rings. The van der Waals surface area contributed by atoms with Gasteiger partial charge in [-0.05, 0) is 52.6 Å². The number of thioether (sulfide) groups is 1. The van der Waals surface area contributed by atoms with Gasteiger partial charge >= 0.3 is 0 Å². The van der Waals surface area contributed by atoms with E-state index in [0.717, 1.165) is 17.7 Å². The third-order valence-corrected chi connectivity index (χ3v) is 5.26. The van der Waals surface area contributed by atoms with Crippen molar-refractivity contribution in [1.29, 1.82) is 0 Å². The summed E-state index contributed by atoms with van der Waals surface area (Å²) in [5.41, 5.74) is 3.54. The van der Waals surface area contributed by atoms with E-state index in [1.165, 1.54) is 22.9 Å². The van der Waals surface area contributed by atoms with E-state index in [1.807, 2.05) is 36.4 Å². The number of amides is 1. The molecule has 0 saturated heterocycles. The minimum atomic E-state index is -0.0300. The summed E-state index contributed by atoms with van der Waals surface area (Å²) in [7, 11) is 1.64. The number of carbonyl (C=O) groups excluding carboxylic acids is 1. The lowest BCUT2D eigenvalue weighted by Gasteiger charge is -2.08. The maximum atomic E-state index is 12.1. The van der Waals surface area contributed by atoms with E-state index in [-0.39, 0.29) is 11.7 Å². The number of nitrogens with one attached hydrogen (secondary N) is 1. The molecule has 7 nitrogen and oxygen atoms in total. The van der Waals surface area contributed by atoms with E-state index in [0.29, 0.717) is 18.2 Å². The van der Waals surface area contributed by atoms with Crippen LogP contribution in [0.2, 0.25) is 0 Å². The lowest BCUT2D eigenvalue weighted by atomic mass is 10.1. The predicted molar refractivity (Wildman–Crippen MR) is 109 cm³/mol. The summed E-state index contributed by atoms with van der Waals surface area (Å²) in [6.45, 7) is 3.23. The van der Waals surface area contributed by atoms with Gasteiger partial charge in [0.25, 0.3) is 0 Å². The van der Waals surface area contributed by atoms with Crippen LogP contribution in [0.1, 0.15) is 16.7 Å². The second-order valence-electron chi connectivity index (χ2n) is 6.28. The topological polar surface area (TPSA) is 81.9 Å². The van der Waals surface area contributed by atoms with E-state index in [2.05, 4.69) is 39.9 Å². The highest BCUT2D eigenvalue weighted by Gasteiger charge is 2.10. The molecule has 0 fully saturated rings. The Morgan fingerprint density at radius 2 is 1.96 bits per heavy atom. The average Bonchev–Trinajstić information content (AvgIpc) is 3.15. The molecule has 146 valence electrons. The SMILES string of the molecule is COc1ccc(Cn2nnnc2SCC(=O)NCCc2ccccc2C)cc1. The summed E-state index contributed by atoms with van der Waals surface area (Å²) in [5, 5.41) is 15.3. The zero-order valence-corrected chi connectivity index (χ0v) is 16.8. The molecule has 0 saturated carbocycles. The first-order valence-electron chi connectivity index (χ1n) is 8.99. The average molecular weight is 398 g/mol. The minimum absolute atomic E-state index is 0.0300. The zero-order chi connectivity index (χ0) is 19.8. The maximum absolute atomic E-state index is 12.1. The summed E-state index contributed by atoms with van der Waals surface area (Å²) >= 11 is 1.33. The van der Waals surface area contributed by atoms with Crippen LogP contribution in [0.15, 0.2) is 53.7 Å². The van der Waals surface area contributed by atoms with Gasteiger partial charge in [0.15, 0.2) is 0 Å². The number of ether oxygens (including phenoxy) is 1. The summed E-state index contributed by atoms with van der Waals surface area (Å²) in [6.07, 6.45) is 0.818. The van der Waals surface area contributed by atoms with Crippen LogP contribution in [0.3, 0.4) is 0 Å². The summed E-state index contributed by atoms with van der Waals surface area (Å²) in [4.78, 5) is 12.1. The van der Waals surface area contributed by atoms with E-state index in [4.69, 9.17) is 4.74 Å². The molecule has 0 unspecified atom stereocenters. The van der Waals surface area contributed by atoms with Crippen LogP contribution in [-0.4, -0.2) is 45.5 Å². The second kappa shape index (κ2) is 9.89. The van der Waals surface area contributed by atoms with Crippen molar-refractivity contribution in [2.24, 2.45) is 0 Å². The first-order valence-corrected chi connectivity index (χ1v) is 9.97. The van der Waals surface area contributed by atoms with Gasteiger partial charge in [0.1, 0.15) is 5.75 Å². The van der Waals surface area contributed by atoms with Gasteiger partial charge in [0.05, 0.1) is 19.4 Å². The highest BCUT2D eigenvalue weighted by molar-refractivity contribution is 7.99. The molecule has 2 aromatic carbocycles. The van der Waals surface area contributed by atoms with Crippen LogP contribution in [0.25, 0.3) is 0 Å². The summed E-state index contributed by atoms with van der Waals surface area (Å²) < 4.78 is 6.85. The van der Waals surface area contributed by atoms with Crippen molar-refractivity contribution in [3.63, 3.8) is 0 Å². The van der Waals surface area contributed by atoms with Crippen LogP contribution in [0.5, 0.6) is 5.75 Å². The first kappa shape index (κ1) is 19.9. The summed E-state index contributed by atoms with van der Waals surface area (Å²) in [6, 6.07) is 15.9. The molecule has 0 bridgehead atoms. The van der Waals surface area contributed by atoms with Crippen molar-refractivity contribution in [3.8, 4) is 5.75 Å². The molecule has 28 heavy (non-hydrogen) atoms. The van der Waals surface area contributed by atoms with Crippen LogP contribution >= 0.6 is 11.8 Å². The third-order valence-electron chi connectivity index (χ3n) is 4.30. The van der Waals surface area contributed by atoms with Crippen LogP contribution in [0.4, 0.5) is 0 Å². The van der Waals surface area contributed by atoms with Crippen LogP contribution < -0.4 is 10.1 Å². The number of nitrogens with zero attached hydrogens (tertiary/aromatic N) is 4. The maximum Gasteiger partial charge on any atom is 0.230 e. The molecule has 0 aliphatic heterocycles. The van der Waals surface area contributed by atoms with Gasteiger partial charge in [-0.1, -0.05) is 48.2 Å². The molecular weight excluding hydrogens is 374 g/mol. The molecule has 1 amide bonds. The van der Waals surface area contributed by atoms with E-state index in [9.17, 15) is 4.79 Å². The van der Waals surface area contributed by atoms with Crippen LogP contribution in [-0.2, 0) is 17.8 Å². The Balaban J connectivity index is 1.46. The fourth-order valence-electron chi connectivity index (χ4n) is 2.71. The van der Waals surface area contributed by atoms with Gasteiger partial charge in [-0.25, -0.2) is 4.68 Å². The Hall–Kier alpha value is -2.87. The van der Waals surface area contributed by atoms with Crippen molar-refractivity contribution in [2.75, 3.05) is 19.4 Å². The van der Waals surface area contributed by atoms with Gasteiger partial charge in [0.2, 0.25) is 11.1 Å². The van der Waals surface area contributed by atoms with Gasteiger partial charge in [-0.3, -0.25) is 4.79 Å². The quantitative estimate of drug-likeness (QED) is 0.559. The Kier molecular flexibility index (Phi) is 7.02. The largest absolute Gasteiger partial charge is 0.497 e. The smallest absolute Gasteiger partial charge is 0.230 e. The molecule has 0 aliphatic rings. The lowest BCUT2D eigenvalue weighted by molar-refractivity contribution is -0.118. The number of tetrazole rings is 1. The van der Waals surface area contributed by atoms with Crippen LogP contribution in [0, 0.1) is 6.92 Å². The number of aromatic nitrogens is 4. The van der Waals surface area contributed by atoms with Gasteiger partial charge in [-0.2, -0.15) is 0 Å². The molecule has 3 rings (SSSR count). The molecule has 1 N–H and O–H groups in total.